The summed E-state index contributed by atoms with van der Waals surface area (Å²) < 4.78 is 2.19. The molecule has 0 amide bonds. The minimum atomic E-state index is -0.0239. The molecule has 0 atom stereocenters. The van der Waals surface area contributed by atoms with E-state index in [4.69, 9.17) is 10.7 Å². The van der Waals surface area contributed by atoms with Crippen LogP contribution < -0.4 is 5.73 Å². The van der Waals surface area contributed by atoms with Crippen molar-refractivity contribution >= 4 is 5.82 Å². The van der Waals surface area contributed by atoms with E-state index in [2.05, 4.69) is 58.2 Å². The van der Waals surface area contributed by atoms with Gasteiger partial charge in [0.05, 0.1) is 0 Å². The summed E-state index contributed by atoms with van der Waals surface area (Å²) in [5.74, 6) is 2.38. The summed E-state index contributed by atoms with van der Waals surface area (Å²) in [4.78, 5) is 4.90. The molecule has 0 aliphatic heterocycles. The first-order chi connectivity index (χ1) is 9.71. The Bertz CT molecular complexity index is 630. The Morgan fingerprint density at radius 2 is 1.81 bits per heavy atom. The first-order valence-corrected chi connectivity index (χ1v) is 7.64. The van der Waals surface area contributed by atoms with Gasteiger partial charge in [0.25, 0.3) is 0 Å². The van der Waals surface area contributed by atoms with E-state index in [0.717, 1.165) is 29.4 Å². The second kappa shape index (κ2) is 5.55. The fraction of sp³-hybridized carbons (Fsp3) is 0.500. The molecule has 21 heavy (non-hydrogen) atoms. The molecule has 0 unspecified atom stereocenters. The lowest BCUT2D eigenvalue weighted by atomic mass is 9.95. The van der Waals surface area contributed by atoms with Gasteiger partial charge >= 0.3 is 0 Å². The second-order valence-corrected chi connectivity index (χ2v) is 7.24. The van der Waals surface area contributed by atoms with Crippen LogP contribution in [0, 0.1) is 12.8 Å². The van der Waals surface area contributed by atoms with Crippen LogP contribution in [-0.4, -0.2) is 9.55 Å². The van der Waals surface area contributed by atoms with E-state index < -0.39 is 0 Å². The molecule has 1 aromatic carbocycles. The highest BCUT2D eigenvalue weighted by molar-refractivity contribution is 5.73. The van der Waals surface area contributed by atoms with Gasteiger partial charge in [-0.15, -0.1) is 0 Å². The van der Waals surface area contributed by atoms with Crippen LogP contribution in [-0.2, 0) is 12.0 Å². The normalized spacial score (nSPS) is 12.1. The van der Waals surface area contributed by atoms with Gasteiger partial charge < -0.3 is 10.3 Å². The van der Waals surface area contributed by atoms with Crippen LogP contribution >= 0.6 is 0 Å². The zero-order valence-corrected chi connectivity index (χ0v) is 14.1. The summed E-state index contributed by atoms with van der Waals surface area (Å²) in [6, 6.07) is 8.29. The maximum absolute atomic E-state index is 6.45. The van der Waals surface area contributed by atoms with Crippen LogP contribution in [0.5, 0.6) is 0 Å². The highest BCUT2D eigenvalue weighted by Crippen LogP contribution is 2.33. The molecule has 114 valence electrons. The van der Waals surface area contributed by atoms with Crippen molar-refractivity contribution in [2.45, 2.75) is 53.5 Å². The van der Waals surface area contributed by atoms with Gasteiger partial charge in [0.1, 0.15) is 17.3 Å². The number of hydrogen-bond acceptors (Lipinski definition) is 2. The molecule has 2 rings (SSSR count). The number of rotatable bonds is 3. The molecule has 0 radical (unpaired) electrons. The molecule has 0 saturated carbocycles. The SMILES string of the molecule is Cc1ccccc1-c1nc(C(C)(C)C)n(CC(C)C)c1N. The number of nitrogens with zero attached hydrogens (tertiary/aromatic N) is 2. The van der Waals surface area contributed by atoms with E-state index in [1.54, 1.807) is 0 Å². The van der Waals surface area contributed by atoms with Gasteiger partial charge in [0.2, 0.25) is 0 Å². The number of nitrogen functional groups attached to an aromatic ring is 1. The number of aromatic nitrogens is 2. The van der Waals surface area contributed by atoms with Crippen LogP contribution in [0.15, 0.2) is 24.3 Å². The van der Waals surface area contributed by atoms with Crippen LogP contribution in [0.25, 0.3) is 11.3 Å². The number of hydrogen-bond donors (Lipinski definition) is 1. The standard InChI is InChI=1S/C18H27N3/c1-12(2)11-21-16(19)15(20-17(21)18(4,5)6)14-10-8-7-9-13(14)3/h7-10,12H,11,19H2,1-6H3. The van der Waals surface area contributed by atoms with E-state index in [0.29, 0.717) is 5.92 Å². The molecular formula is C18H27N3. The largest absolute Gasteiger partial charge is 0.383 e. The summed E-state index contributed by atoms with van der Waals surface area (Å²) in [6.07, 6.45) is 0. The Kier molecular flexibility index (Phi) is 4.13. The van der Waals surface area contributed by atoms with Crippen molar-refractivity contribution < 1.29 is 0 Å². The van der Waals surface area contributed by atoms with Gasteiger partial charge in [-0.1, -0.05) is 58.9 Å². The van der Waals surface area contributed by atoms with Crippen molar-refractivity contribution in [2.24, 2.45) is 5.92 Å². The number of anilines is 1. The molecule has 1 aromatic heterocycles. The molecule has 0 fully saturated rings. The summed E-state index contributed by atoms with van der Waals surface area (Å²) in [6.45, 7) is 14.0. The van der Waals surface area contributed by atoms with E-state index in [1.807, 2.05) is 12.1 Å². The summed E-state index contributed by atoms with van der Waals surface area (Å²) in [5, 5.41) is 0. The molecule has 3 heteroatoms. The maximum atomic E-state index is 6.45. The van der Waals surface area contributed by atoms with Crippen molar-refractivity contribution in [3.63, 3.8) is 0 Å². The quantitative estimate of drug-likeness (QED) is 0.908. The van der Waals surface area contributed by atoms with Gasteiger partial charge in [-0.2, -0.15) is 0 Å². The Hall–Kier alpha value is -1.77. The third-order valence-corrected chi connectivity index (χ3v) is 3.63. The van der Waals surface area contributed by atoms with Crippen LogP contribution in [0.3, 0.4) is 0 Å². The Morgan fingerprint density at radius 3 is 2.33 bits per heavy atom. The minimum Gasteiger partial charge on any atom is -0.383 e. The lowest BCUT2D eigenvalue weighted by Gasteiger charge is -2.21. The monoisotopic (exact) mass is 285 g/mol. The van der Waals surface area contributed by atoms with Gasteiger partial charge in [-0.05, 0) is 18.4 Å². The molecule has 1 heterocycles. The lowest BCUT2D eigenvalue weighted by molar-refractivity contribution is 0.455. The van der Waals surface area contributed by atoms with Crippen molar-refractivity contribution in [3.8, 4) is 11.3 Å². The van der Waals surface area contributed by atoms with Gasteiger partial charge in [-0.3, -0.25) is 0 Å². The molecule has 0 saturated heterocycles. The van der Waals surface area contributed by atoms with E-state index in [9.17, 15) is 0 Å². The molecule has 2 N–H and O–H groups in total. The average molecular weight is 285 g/mol. The van der Waals surface area contributed by atoms with Crippen LogP contribution in [0.1, 0.15) is 46.0 Å². The first kappa shape index (κ1) is 15.6. The van der Waals surface area contributed by atoms with E-state index >= 15 is 0 Å². The molecule has 0 aliphatic carbocycles. The average Bonchev–Trinajstić information content (AvgIpc) is 2.67. The van der Waals surface area contributed by atoms with Gasteiger partial charge in [0, 0.05) is 17.5 Å². The fourth-order valence-electron chi connectivity index (χ4n) is 2.62. The van der Waals surface area contributed by atoms with Crippen molar-refractivity contribution in [2.75, 3.05) is 5.73 Å². The summed E-state index contributed by atoms with van der Waals surface area (Å²) in [7, 11) is 0. The molecule has 3 nitrogen and oxygen atoms in total. The molecule has 0 aliphatic rings. The van der Waals surface area contributed by atoms with Crippen LogP contribution in [0.2, 0.25) is 0 Å². The Balaban J connectivity index is 2.65. The molecule has 0 spiro atoms. The summed E-state index contributed by atoms with van der Waals surface area (Å²) in [5.41, 5.74) is 9.68. The number of imidazole rings is 1. The van der Waals surface area contributed by atoms with Crippen molar-refractivity contribution in [3.05, 3.63) is 35.7 Å². The number of benzene rings is 1. The molecule has 2 aromatic rings. The Morgan fingerprint density at radius 1 is 1.19 bits per heavy atom. The van der Waals surface area contributed by atoms with Gasteiger partial charge in [-0.25, -0.2) is 4.98 Å². The molecule has 0 bridgehead atoms. The molecular weight excluding hydrogens is 258 g/mol. The maximum Gasteiger partial charge on any atom is 0.131 e. The predicted molar refractivity (Wildman–Crippen MR) is 90.4 cm³/mol. The fourth-order valence-corrected chi connectivity index (χ4v) is 2.62. The predicted octanol–water partition coefficient (Wildman–Crippen LogP) is 4.39. The summed E-state index contributed by atoms with van der Waals surface area (Å²) >= 11 is 0. The van der Waals surface area contributed by atoms with E-state index in [1.165, 1.54) is 5.56 Å². The van der Waals surface area contributed by atoms with Gasteiger partial charge in [0.15, 0.2) is 0 Å². The number of nitrogens with two attached hydrogens (primary N) is 1. The third kappa shape index (κ3) is 3.12. The van der Waals surface area contributed by atoms with E-state index in [-0.39, 0.29) is 5.41 Å². The topological polar surface area (TPSA) is 43.8 Å². The minimum absolute atomic E-state index is 0.0239. The zero-order valence-electron chi connectivity index (χ0n) is 14.1. The second-order valence-electron chi connectivity index (χ2n) is 7.24. The smallest absolute Gasteiger partial charge is 0.131 e. The van der Waals surface area contributed by atoms with Crippen molar-refractivity contribution in [1.29, 1.82) is 0 Å². The Labute approximate surface area is 128 Å². The number of aryl methyl sites for hydroxylation is 1. The van der Waals surface area contributed by atoms with Crippen LogP contribution in [0.4, 0.5) is 5.82 Å². The lowest BCUT2D eigenvalue weighted by Crippen LogP contribution is -2.21. The highest BCUT2D eigenvalue weighted by atomic mass is 15.2. The zero-order chi connectivity index (χ0) is 15.8. The highest BCUT2D eigenvalue weighted by Gasteiger charge is 2.26. The first-order valence-electron chi connectivity index (χ1n) is 7.64. The third-order valence-electron chi connectivity index (χ3n) is 3.63. The van der Waals surface area contributed by atoms with Crippen molar-refractivity contribution in [1.82, 2.24) is 9.55 Å².